The van der Waals surface area contributed by atoms with Crippen LogP contribution in [0.2, 0.25) is 0 Å². The van der Waals surface area contributed by atoms with Crippen LogP contribution in [0.5, 0.6) is 0 Å². The zero-order valence-electron chi connectivity index (χ0n) is 16.3. The average Bonchev–Trinajstić information content (AvgIpc) is 3.17. The summed E-state index contributed by atoms with van der Waals surface area (Å²) in [6.07, 6.45) is 0.159. The van der Waals surface area contributed by atoms with E-state index in [2.05, 4.69) is 15.3 Å². The molecular weight excluding hydrogens is 390 g/mol. The number of nitrogens with one attached hydrogen (secondary N) is 2. The molecule has 0 bridgehead atoms. The van der Waals surface area contributed by atoms with Crippen molar-refractivity contribution in [1.29, 1.82) is 0 Å². The fourth-order valence-corrected chi connectivity index (χ4v) is 3.57. The molecule has 1 aromatic carbocycles. The standard InChI is InChI=1S/C20H23N5O3S/c1-24(13-16-22-15-9-11-29-18(15)19(27)23-16)17(26)8-10-21-20(28)25(2)12-14-6-4-3-5-7-14/h3-7,9,11H,8,10,12-13H2,1-2H3,(H,21,28)(H,22,23,27). The Morgan fingerprint density at radius 2 is 1.86 bits per heavy atom. The molecule has 0 saturated heterocycles. The van der Waals surface area contributed by atoms with E-state index in [1.807, 2.05) is 35.7 Å². The molecule has 3 amide bonds. The van der Waals surface area contributed by atoms with E-state index in [4.69, 9.17) is 0 Å². The van der Waals surface area contributed by atoms with Gasteiger partial charge in [0.1, 0.15) is 10.5 Å². The van der Waals surface area contributed by atoms with E-state index in [1.54, 1.807) is 25.1 Å². The molecule has 3 aromatic rings. The summed E-state index contributed by atoms with van der Waals surface area (Å²) in [4.78, 5) is 46.6. The van der Waals surface area contributed by atoms with Crippen molar-refractivity contribution in [3.63, 3.8) is 0 Å². The monoisotopic (exact) mass is 413 g/mol. The van der Waals surface area contributed by atoms with Gasteiger partial charge in [-0.25, -0.2) is 9.78 Å². The van der Waals surface area contributed by atoms with Gasteiger partial charge in [-0.2, -0.15) is 0 Å². The van der Waals surface area contributed by atoms with Crippen molar-refractivity contribution in [2.75, 3.05) is 20.6 Å². The normalized spacial score (nSPS) is 10.7. The number of benzene rings is 1. The number of rotatable bonds is 7. The first kappa shape index (κ1) is 20.5. The van der Waals surface area contributed by atoms with Gasteiger partial charge in [-0.15, -0.1) is 11.3 Å². The Kier molecular flexibility index (Phi) is 6.61. The van der Waals surface area contributed by atoms with Gasteiger partial charge in [-0.1, -0.05) is 30.3 Å². The number of hydrogen-bond acceptors (Lipinski definition) is 5. The molecule has 0 aliphatic rings. The van der Waals surface area contributed by atoms with Crippen LogP contribution in [0, 0.1) is 0 Å². The molecule has 29 heavy (non-hydrogen) atoms. The van der Waals surface area contributed by atoms with Crippen LogP contribution in [0.25, 0.3) is 10.2 Å². The van der Waals surface area contributed by atoms with Crippen LogP contribution in [0.1, 0.15) is 17.8 Å². The molecule has 9 heteroatoms. The number of urea groups is 1. The summed E-state index contributed by atoms with van der Waals surface area (Å²) < 4.78 is 0.574. The van der Waals surface area contributed by atoms with Crippen molar-refractivity contribution in [3.8, 4) is 0 Å². The lowest BCUT2D eigenvalue weighted by Gasteiger charge is -2.19. The topological polar surface area (TPSA) is 98.4 Å². The number of aromatic nitrogens is 2. The molecule has 2 N–H and O–H groups in total. The van der Waals surface area contributed by atoms with Crippen molar-refractivity contribution in [2.45, 2.75) is 19.5 Å². The second-order valence-corrected chi connectivity index (χ2v) is 7.64. The summed E-state index contributed by atoms with van der Waals surface area (Å²) in [5.74, 6) is 0.285. The number of amides is 3. The van der Waals surface area contributed by atoms with Crippen molar-refractivity contribution in [3.05, 3.63) is 63.5 Å². The fourth-order valence-electron chi connectivity index (χ4n) is 2.84. The molecule has 0 radical (unpaired) electrons. The number of carbonyl (C=O) groups is 2. The molecule has 8 nitrogen and oxygen atoms in total. The molecule has 0 aliphatic carbocycles. The van der Waals surface area contributed by atoms with Crippen molar-refractivity contribution < 1.29 is 9.59 Å². The Labute approximate surface area is 172 Å². The van der Waals surface area contributed by atoms with Crippen LogP contribution < -0.4 is 10.9 Å². The highest BCUT2D eigenvalue weighted by Crippen LogP contribution is 2.14. The summed E-state index contributed by atoms with van der Waals surface area (Å²) in [6, 6.07) is 11.2. The Morgan fingerprint density at radius 3 is 2.62 bits per heavy atom. The summed E-state index contributed by atoms with van der Waals surface area (Å²) in [7, 11) is 3.35. The molecule has 0 atom stereocenters. The molecule has 0 saturated carbocycles. The minimum Gasteiger partial charge on any atom is -0.338 e. The molecule has 2 heterocycles. The van der Waals surface area contributed by atoms with Crippen LogP contribution in [0.15, 0.2) is 46.6 Å². The van der Waals surface area contributed by atoms with E-state index in [0.717, 1.165) is 5.56 Å². The fraction of sp³-hybridized carbons (Fsp3) is 0.300. The van der Waals surface area contributed by atoms with Crippen molar-refractivity contribution in [1.82, 2.24) is 25.1 Å². The van der Waals surface area contributed by atoms with Crippen molar-refractivity contribution >= 4 is 33.5 Å². The maximum absolute atomic E-state index is 12.3. The molecule has 0 spiro atoms. The number of fused-ring (bicyclic) bond motifs is 1. The predicted octanol–water partition coefficient (Wildman–Crippen LogP) is 2.17. The minimum absolute atomic E-state index is 0.149. The number of nitrogens with zero attached hydrogens (tertiary/aromatic N) is 3. The summed E-state index contributed by atoms with van der Waals surface area (Å²) in [6.45, 7) is 0.918. The van der Waals surface area contributed by atoms with E-state index in [-0.39, 0.29) is 37.0 Å². The molecule has 0 aliphatic heterocycles. The molecule has 3 rings (SSSR count). The zero-order valence-corrected chi connectivity index (χ0v) is 17.2. The Hall–Kier alpha value is -3.20. The molecule has 152 valence electrons. The minimum atomic E-state index is -0.238. The smallest absolute Gasteiger partial charge is 0.317 e. The summed E-state index contributed by atoms with van der Waals surface area (Å²) >= 11 is 1.33. The molecule has 2 aromatic heterocycles. The van der Waals surface area contributed by atoms with Crippen molar-refractivity contribution in [2.24, 2.45) is 0 Å². The van der Waals surface area contributed by atoms with E-state index >= 15 is 0 Å². The van der Waals surface area contributed by atoms with Gasteiger partial charge in [0, 0.05) is 33.6 Å². The number of aromatic amines is 1. The summed E-state index contributed by atoms with van der Waals surface area (Å²) in [5.41, 5.74) is 1.46. The second-order valence-electron chi connectivity index (χ2n) is 6.72. The van der Waals surface area contributed by atoms with Crippen LogP contribution in [0.4, 0.5) is 4.79 Å². The van der Waals surface area contributed by atoms with Gasteiger partial charge in [0.25, 0.3) is 5.56 Å². The van der Waals surface area contributed by atoms with E-state index in [1.165, 1.54) is 16.2 Å². The van der Waals surface area contributed by atoms with Gasteiger partial charge in [-0.05, 0) is 17.0 Å². The van der Waals surface area contributed by atoms with Crippen LogP contribution in [-0.2, 0) is 17.9 Å². The van der Waals surface area contributed by atoms with E-state index in [9.17, 15) is 14.4 Å². The van der Waals surface area contributed by atoms with Gasteiger partial charge >= 0.3 is 6.03 Å². The Bertz CT molecular complexity index is 1050. The van der Waals surface area contributed by atoms with E-state index in [0.29, 0.717) is 22.6 Å². The molecular formula is C20H23N5O3S. The largest absolute Gasteiger partial charge is 0.338 e. The number of carbonyl (C=O) groups excluding carboxylic acids is 2. The zero-order chi connectivity index (χ0) is 20.8. The molecule has 0 fully saturated rings. The number of thiophene rings is 1. The molecule has 0 unspecified atom stereocenters. The third kappa shape index (κ3) is 5.41. The lowest BCUT2D eigenvalue weighted by atomic mass is 10.2. The third-order valence-electron chi connectivity index (χ3n) is 4.40. The quantitative estimate of drug-likeness (QED) is 0.620. The number of H-pyrrole nitrogens is 1. The first-order valence-electron chi connectivity index (χ1n) is 9.17. The SMILES string of the molecule is CN(Cc1nc2ccsc2c(=O)[nH]1)C(=O)CCNC(=O)N(C)Cc1ccccc1. The highest BCUT2D eigenvalue weighted by atomic mass is 32.1. The summed E-state index contributed by atoms with van der Waals surface area (Å²) in [5, 5.41) is 4.56. The van der Waals surface area contributed by atoms with Gasteiger partial charge in [0.15, 0.2) is 0 Å². The van der Waals surface area contributed by atoms with Gasteiger partial charge in [0.2, 0.25) is 5.91 Å². The van der Waals surface area contributed by atoms with Gasteiger partial charge in [0.05, 0.1) is 12.1 Å². The third-order valence-corrected chi connectivity index (χ3v) is 5.30. The average molecular weight is 414 g/mol. The van der Waals surface area contributed by atoms with Crippen LogP contribution in [0.3, 0.4) is 0 Å². The lowest BCUT2D eigenvalue weighted by Crippen LogP contribution is -2.39. The Balaban J connectivity index is 1.45. The highest BCUT2D eigenvalue weighted by Gasteiger charge is 2.14. The second kappa shape index (κ2) is 9.33. The maximum atomic E-state index is 12.3. The van der Waals surface area contributed by atoms with Gasteiger partial charge < -0.3 is 20.1 Å². The van der Waals surface area contributed by atoms with Gasteiger partial charge in [-0.3, -0.25) is 9.59 Å². The first-order valence-corrected chi connectivity index (χ1v) is 10.1. The van der Waals surface area contributed by atoms with Crippen LogP contribution >= 0.6 is 11.3 Å². The van der Waals surface area contributed by atoms with E-state index < -0.39 is 0 Å². The predicted molar refractivity (Wildman–Crippen MR) is 113 cm³/mol. The lowest BCUT2D eigenvalue weighted by molar-refractivity contribution is -0.130. The number of hydrogen-bond donors (Lipinski definition) is 2. The Morgan fingerprint density at radius 1 is 1.10 bits per heavy atom. The highest BCUT2D eigenvalue weighted by molar-refractivity contribution is 7.17. The maximum Gasteiger partial charge on any atom is 0.317 e. The van der Waals surface area contributed by atoms with Crippen LogP contribution in [-0.4, -0.2) is 52.3 Å². The first-order chi connectivity index (χ1) is 13.9.